The minimum absolute atomic E-state index is 0.137. The molecule has 7 nitrogen and oxygen atoms in total. The molecule has 0 bridgehead atoms. The highest BCUT2D eigenvalue weighted by Gasteiger charge is 2.19. The maximum Gasteiger partial charge on any atom is 0.305 e. The lowest BCUT2D eigenvalue weighted by Crippen LogP contribution is -2.51. The lowest BCUT2D eigenvalue weighted by atomic mass is 10.2. The van der Waals surface area contributed by atoms with Crippen LogP contribution in [0.5, 0.6) is 0 Å². The minimum atomic E-state index is -0.137. The molecule has 2 heterocycles. The van der Waals surface area contributed by atoms with E-state index >= 15 is 0 Å². The van der Waals surface area contributed by atoms with Crippen LogP contribution in [0.25, 0.3) is 0 Å². The summed E-state index contributed by atoms with van der Waals surface area (Å²) in [6.45, 7) is 7.35. The quantitative estimate of drug-likeness (QED) is 0.422. The smallest absolute Gasteiger partial charge is 0.305 e. The van der Waals surface area contributed by atoms with E-state index < -0.39 is 0 Å². The molecule has 1 aromatic heterocycles. The SMILES string of the molecule is COC(=O)CCCCCNC(=S)N1CCN(Cc2cc(C)on2)CC1. The van der Waals surface area contributed by atoms with Gasteiger partial charge >= 0.3 is 5.97 Å². The van der Waals surface area contributed by atoms with Crippen LogP contribution in [0.2, 0.25) is 0 Å². The summed E-state index contributed by atoms with van der Waals surface area (Å²) in [5, 5.41) is 8.19. The van der Waals surface area contributed by atoms with Crippen LogP contribution >= 0.6 is 12.2 Å². The number of nitrogens with one attached hydrogen (secondary N) is 1. The maximum absolute atomic E-state index is 11.0. The van der Waals surface area contributed by atoms with Gasteiger partial charge in [-0.1, -0.05) is 11.6 Å². The molecular weight excluding hydrogens is 340 g/mol. The number of nitrogens with zero attached hydrogens (tertiary/aromatic N) is 3. The highest BCUT2D eigenvalue weighted by molar-refractivity contribution is 7.80. The molecule has 25 heavy (non-hydrogen) atoms. The Balaban J connectivity index is 1.55. The Labute approximate surface area is 154 Å². The highest BCUT2D eigenvalue weighted by Crippen LogP contribution is 2.09. The van der Waals surface area contributed by atoms with Gasteiger partial charge in [-0.2, -0.15) is 0 Å². The van der Waals surface area contributed by atoms with Crippen molar-refractivity contribution in [1.82, 2.24) is 20.3 Å². The third-order valence-corrected chi connectivity index (χ3v) is 4.69. The largest absolute Gasteiger partial charge is 0.469 e. The summed E-state index contributed by atoms with van der Waals surface area (Å²) in [6.07, 6.45) is 3.35. The molecule has 140 valence electrons. The molecule has 1 N–H and O–H groups in total. The van der Waals surface area contributed by atoms with Crippen molar-refractivity contribution in [3.05, 3.63) is 17.5 Å². The number of ether oxygens (including phenoxy) is 1. The highest BCUT2D eigenvalue weighted by atomic mass is 32.1. The second-order valence-corrected chi connectivity index (χ2v) is 6.70. The second-order valence-electron chi connectivity index (χ2n) is 6.31. The second kappa shape index (κ2) is 10.4. The average molecular weight is 369 g/mol. The number of unbranched alkanes of at least 4 members (excludes halogenated alkanes) is 2. The van der Waals surface area contributed by atoms with E-state index in [4.69, 9.17) is 16.7 Å². The van der Waals surface area contributed by atoms with Crippen molar-refractivity contribution >= 4 is 23.3 Å². The van der Waals surface area contributed by atoms with E-state index in [0.717, 1.165) is 75.1 Å². The first-order valence-electron chi connectivity index (χ1n) is 8.82. The number of piperazine rings is 1. The van der Waals surface area contributed by atoms with E-state index in [2.05, 4.69) is 25.0 Å². The molecule has 1 saturated heterocycles. The molecule has 0 radical (unpaired) electrons. The van der Waals surface area contributed by atoms with Gasteiger partial charge in [0.15, 0.2) is 5.11 Å². The number of aryl methyl sites for hydroxylation is 1. The van der Waals surface area contributed by atoms with Gasteiger partial charge in [-0.3, -0.25) is 9.69 Å². The first-order valence-corrected chi connectivity index (χ1v) is 9.23. The van der Waals surface area contributed by atoms with Crippen LogP contribution in [0.15, 0.2) is 10.6 Å². The van der Waals surface area contributed by atoms with E-state index in [9.17, 15) is 4.79 Å². The van der Waals surface area contributed by atoms with Crippen molar-refractivity contribution in [2.24, 2.45) is 0 Å². The summed E-state index contributed by atoms with van der Waals surface area (Å²) < 4.78 is 9.74. The van der Waals surface area contributed by atoms with Crippen LogP contribution in [0.3, 0.4) is 0 Å². The van der Waals surface area contributed by atoms with Gasteiger partial charge in [-0.15, -0.1) is 0 Å². The summed E-state index contributed by atoms with van der Waals surface area (Å²) in [4.78, 5) is 15.6. The minimum Gasteiger partial charge on any atom is -0.469 e. The standard InChI is InChI=1S/C17H28N4O3S/c1-14-12-15(19-24-14)13-20-8-10-21(11-9-20)17(25)18-7-5-3-4-6-16(22)23-2/h12H,3-11,13H2,1-2H3,(H,18,25). The zero-order valence-electron chi connectivity index (χ0n) is 15.1. The van der Waals surface area contributed by atoms with Gasteiger partial charge in [0.05, 0.1) is 12.8 Å². The number of esters is 1. The van der Waals surface area contributed by atoms with Gasteiger partial charge in [0.2, 0.25) is 0 Å². The van der Waals surface area contributed by atoms with E-state index in [1.807, 2.05) is 13.0 Å². The summed E-state index contributed by atoms with van der Waals surface area (Å²) in [7, 11) is 1.43. The molecule has 2 rings (SSSR count). The van der Waals surface area contributed by atoms with Gasteiger partial charge in [0.25, 0.3) is 0 Å². The lowest BCUT2D eigenvalue weighted by molar-refractivity contribution is -0.140. The summed E-state index contributed by atoms with van der Waals surface area (Å²) in [5.74, 6) is 0.715. The molecule has 8 heteroatoms. The van der Waals surface area contributed by atoms with Crippen molar-refractivity contribution in [2.45, 2.75) is 39.2 Å². The zero-order valence-corrected chi connectivity index (χ0v) is 15.9. The molecule has 1 fully saturated rings. The normalized spacial score (nSPS) is 15.2. The van der Waals surface area contributed by atoms with Crippen molar-refractivity contribution < 1.29 is 14.1 Å². The van der Waals surface area contributed by atoms with Crippen molar-refractivity contribution in [1.29, 1.82) is 0 Å². The van der Waals surface area contributed by atoms with Crippen molar-refractivity contribution in [2.75, 3.05) is 39.8 Å². The Hall–Kier alpha value is -1.67. The lowest BCUT2D eigenvalue weighted by Gasteiger charge is -2.35. The number of carbonyl (C=O) groups is 1. The van der Waals surface area contributed by atoms with Crippen LogP contribution in [-0.4, -0.2) is 65.9 Å². The molecule has 0 atom stereocenters. The fraction of sp³-hybridized carbons (Fsp3) is 0.706. The fourth-order valence-electron chi connectivity index (χ4n) is 2.81. The zero-order chi connectivity index (χ0) is 18.1. The van der Waals surface area contributed by atoms with E-state index in [-0.39, 0.29) is 5.97 Å². The summed E-state index contributed by atoms with van der Waals surface area (Å²) in [6, 6.07) is 1.98. The Morgan fingerprint density at radius 3 is 2.72 bits per heavy atom. The van der Waals surface area contributed by atoms with Gasteiger partial charge in [-0.05, 0) is 32.0 Å². The first kappa shape index (κ1) is 19.7. The van der Waals surface area contributed by atoms with Crippen molar-refractivity contribution in [3.8, 4) is 0 Å². The fourth-order valence-corrected chi connectivity index (χ4v) is 3.10. The number of thiocarbonyl (C=S) groups is 1. The molecule has 0 spiro atoms. The molecular formula is C17H28N4O3S. The Morgan fingerprint density at radius 1 is 1.32 bits per heavy atom. The van der Waals surface area contributed by atoms with Crippen LogP contribution < -0.4 is 5.32 Å². The molecule has 1 aromatic rings. The van der Waals surface area contributed by atoms with E-state index in [0.29, 0.717) is 6.42 Å². The number of rotatable bonds is 8. The third-order valence-electron chi connectivity index (χ3n) is 4.28. The number of hydrogen-bond donors (Lipinski definition) is 1. The van der Waals surface area contributed by atoms with Gasteiger partial charge in [0, 0.05) is 51.8 Å². The summed E-state index contributed by atoms with van der Waals surface area (Å²) in [5.41, 5.74) is 0.985. The van der Waals surface area contributed by atoms with E-state index in [1.54, 1.807) is 0 Å². The molecule has 0 amide bonds. The average Bonchev–Trinajstić information content (AvgIpc) is 3.03. The van der Waals surface area contributed by atoms with Crippen LogP contribution in [-0.2, 0) is 16.1 Å². The van der Waals surface area contributed by atoms with Gasteiger partial charge < -0.3 is 19.5 Å². The Morgan fingerprint density at radius 2 is 2.08 bits per heavy atom. The molecule has 0 unspecified atom stereocenters. The molecule has 1 aliphatic rings. The van der Waals surface area contributed by atoms with Crippen LogP contribution in [0.1, 0.15) is 37.1 Å². The third kappa shape index (κ3) is 6.99. The Bertz CT molecular complexity index is 556. The van der Waals surface area contributed by atoms with Crippen LogP contribution in [0, 0.1) is 6.92 Å². The van der Waals surface area contributed by atoms with Gasteiger partial charge in [-0.25, -0.2) is 0 Å². The maximum atomic E-state index is 11.0. The molecule has 0 saturated carbocycles. The summed E-state index contributed by atoms with van der Waals surface area (Å²) >= 11 is 5.48. The number of methoxy groups -OCH3 is 1. The van der Waals surface area contributed by atoms with E-state index in [1.165, 1.54) is 7.11 Å². The molecule has 1 aliphatic heterocycles. The topological polar surface area (TPSA) is 70.8 Å². The monoisotopic (exact) mass is 368 g/mol. The first-order chi connectivity index (χ1) is 12.1. The van der Waals surface area contributed by atoms with Crippen molar-refractivity contribution in [3.63, 3.8) is 0 Å². The molecule has 0 aromatic carbocycles. The number of aromatic nitrogens is 1. The Kier molecular flexibility index (Phi) is 8.14. The number of hydrogen-bond acceptors (Lipinski definition) is 6. The predicted octanol–water partition coefficient (Wildman–Crippen LogP) is 1.71. The van der Waals surface area contributed by atoms with Gasteiger partial charge in [0.1, 0.15) is 5.76 Å². The van der Waals surface area contributed by atoms with Crippen LogP contribution in [0.4, 0.5) is 0 Å². The predicted molar refractivity (Wildman–Crippen MR) is 99.2 cm³/mol. The molecule has 0 aliphatic carbocycles. The number of carbonyl (C=O) groups excluding carboxylic acids is 1.